The van der Waals surface area contributed by atoms with E-state index in [2.05, 4.69) is 64.8 Å². The van der Waals surface area contributed by atoms with Gasteiger partial charge in [0.1, 0.15) is 12.0 Å². The van der Waals surface area contributed by atoms with Gasteiger partial charge in [0.2, 0.25) is 0 Å². The number of hydrogen-bond donors (Lipinski definition) is 1. The first-order chi connectivity index (χ1) is 11.6. The summed E-state index contributed by atoms with van der Waals surface area (Å²) in [5.41, 5.74) is 9.51. The van der Waals surface area contributed by atoms with Crippen molar-refractivity contribution in [3.05, 3.63) is 36.2 Å². The van der Waals surface area contributed by atoms with E-state index in [1.54, 1.807) is 6.33 Å². The molecule has 5 nitrogen and oxygen atoms in total. The largest absolute Gasteiger partial charge is 0.393 e. The van der Waals surface area contributed by atoms with Crippen LogP contribution < -0.4 is 15.5 Å². The zero-order chi connectivity index (χ0) is 17.1. The third-order valence-corrected chi connectivity index (χ3v) is 4.81. The van der Waals surface area contributed by atoms with E-state index >= 15 is 0 Å². The van der Waals surface area contributed by atoms with Gasteiger partial charge in [0.15, 0.2) is 11.6 Å². The van der Waals surface area contributed by atoms with Crippen LogP contribution in [-0.2, 0) is 0 Å². The molecule has 1 aromatic heterocycles. The SMILES string of the molecule is CCN(c1cccc(C)c1)c1ncnc(N2CCC(C)CC2)c1N. The monoisotopic (exact) mass is 325 g/mol. The smallest absolute Gasteiger partial charge is 0.161 e. The number of benzene rings is 1. The molecule has 1 fully saturated rings. The molecular formula is C19H27N5. The maximum absolute atomic E-state index is 6.49. The maximum Gasteiger partial charge on any atom is 0.161 e. The Morgan fingerprint density at radius 2 is 2.00 bits per heavy atom. The van der Waals surface area contributed by atoms with Gasteiger partial charge in [0, 0.05) is 25.3 Å². The zero-order valence-corrected chi connectivity index (χ0v) is 14.9. The molecule has 0 aliphatic carbocycles. The molecule has 5 heteroatoms. The van der Waals surface area contributed by atoms with Gasteiger partial charge in [-0.2, -0.15) is 0 Å². The average molecular weight is 325 g/mol. The lowest BCUT2D eigenvalue weighted by atomic mass is 9.99. The van der Waals surface area contributed by atoms with Crippen molar-refractivity contribution in [1.29, 1.82) is 0 Å². The van der Waals surface area contributed by atoms with Crippen LogP contribution in [-0.4, -0.2) is 29.6 Å². The number of nitrogens with two attached hydrogens (primary N) is 1. The number of hydrogen-bond acceptors (Lipinski definition) is 5. The van der Waals surface area contributed by atoms with Crippen molar-refractivity contribution >= 4 is 23.0 Å². The molecule has 0 radical (unpaired) electrons. The summed E-state index contributed by atoms with van der Waals surface area (Å²) in [4.78, 5) is 13.4. The third-order valence-electron chi connectivity index (χ3n) is 4.81. The fraction of sp³-hybridized carbons (Fsp3) is 0.474. The van der Waals surface area contributed by atoms with Crippen LogP contribution in [0.2, 0.25) is 0 Å². The lowest BCUT2D eigenvalue weighted by Crippen LogP contribution is -2.34. The predicted molar refractivity (Wildman–Crippen MR) is 101 cm³/mol. The summed E-state index contributed by atoms with van der Waals surface area (Å²) in [6.45, 7) is 9.35. The van der Waals surface area contributed by atoms with Crippen LogP contribution in [0.4, 0.5) is 23.0 Å². The molecule has 1 aliphatic heterocycles. The number of rotatable bonds is 4. The minimum Gasteiger partial charge on any atom is -0.393 e. The molecule has 1 aliphatic rings. The van der Waals surface area contributed by atoms with Crippen molar-refractivity contribution in [2.24, 2.45) is 5.92 Å². The summed E-state index contributed by atoms with van der Waals surface area (Å²) in [5.74, 6) is 2.45. The third kappa shape index (κ3) is 3.30. The molecule has 1 saturated heterocycles. The summed E-state index contributed by atoms with van der Waals surface area (Å²) in [6.07, 6.45) is 4.01. The van der Waals surface area contributed by atoms with E-state index in [1.165, 1.54) is 18.4 Å². The Labute approximate surface area is 144 Å². The molecular weight excluding hydrogens is 298 g/mol. The number of aromatic nitrogens is 2. The summed E-state index contributed by atoms with van der Waals surface area (Å²) in [7, 11) is 0. The highest BCUT2D eigenvalue weighted by atomic mass is 15.3. The number of piperidine rings is 1. The standard InChI is InChI=1S/C19H27N5/c1-4-24(16-7-5-6-15(3)12-16)19-17(20)18(21-13-22-19)23-10-8-14(2)9-11-23/h5-7,12-14H,4,8-11,20H2,1-3H3. The summed E-state index contributed by atoms with van der Waals surface area (Å²) >= 11 is 0. The van der Waals surface area contributed by atoms with Gasteiger partial charge in [-0.05, 0) is 50.3 Å². The fourth-order valence-corrected chi connectivity index (χ4v) is 3.32. The minimum absolute atomic E-state index is 0.676. The van der Waals surface area contributed by atoms with Crippen molar-refractivity contribution in [2.75, 3.05) is 35.2 Å². The van der Waals surface area contributed by atoms with E-state index < -0.39 is 0 Å². The topological polar surface area (TPSA) is 58.3 Å². The van der Waals surface area contributed by atoms with Crippen LogP contribution in [0.25, 0.3) is 0 Å². The highest BCUT2D eigenvalue weighted by molar-refractivity contribution is 5.79. The molecule has 0 atom stereocenters. The average Bonchev–Trinajstić information content (AvgIpc) is 2.58. The Kier molecular flexibility index (Phi) is 4.88. The van der Waals surface area contributed by atoms with Gasteiger partial charge >= 0.3 is 0 Å². The molecule has 2 N–H and O–H groups in total. The Balaban J connectivity index is 1.94. The van der Waals surface area contributed by atoms with E-state index in [1.807, 2.05) is 0 Å². The Morgan fingerprint density at radius 1 is 1.25 bits per heavy atom. The van der Waals surface area contributed by atoms with Gasteiger partial charge in [-0.3, -0.25) is 0 Å². The second kappa shape index (κ2) is 7.07. The second-order valence-corrected chi connectivity index (χ2v) is 6.69. The van der Waals surface area contributed by atoms with Crippen molar-refractivity contribution in [1.82, 2.24) is 9.97 Å². The molecule has 0 unspecified atom stereocenters. The van der Waals surface area contributed by atoms with Crippen LogP contribution >= 0.6 is 0 Å². The highest BCUT2D eigenvalue weighted by Gasteiger charge is 2.22. The lowest BCUT2D eigenvalue weighted by Gasteiger charge is -2.33. The number of nitrogens with zero attached hydrogens (tertiary/aromatic N) is 4. The first kappa shape index (κ1) is 16.6. The molecule has 128 valence electrons. The molecule has 24 heavy (non-hydrogen) atoms. The number of anilines is 4. The van der Waals surface area contributed by atoms with Crippen LogP contribution in [0.1, 0.15) is 32.3 Å². The van der Waals surface area contributed by atoms with E-state index in [9.17, 15) is 0 Å². The quantitative estimate of drug-likeness (QED) is 0.927. The first-order valence-corrected chi connectivity index (χ1v) is 8.79. The lowest BCUT2D eigenvalue weighted by molar-refractivity contribution is 0.437. The minimum atomic E-state index is 0.676. The first-order valence-electron chi connectivity index (χ1n) is 8.79. The molecule has 0 saturated carbocycles. The van der Waals surface area contributed by atoms with Gasteiger partial charge in [0.25, 0.3) is 0 Å². The van der Waals surface area contributed by atoms with Gasteiger partial charge in [-0.1, -0.05) is 19.1 Å². The fourth-order valence-electron chi connectivity index (χ4n) is 3.32. The van der Waals surface area contributed by atoms with Crippen LogP contribution in [0.5, 0.6) is 0 Å². The Bertz CT molecular complexity index is 692. The molecule has 0 spiro atoms. The molecule has 1 aromatic carbocycles. The van der Waals surface area contributed by atoms with Gasteiger partial charge < -0.3 is 15.5 Å². The van der Waals surface area contributed by atoms with Crippen molar-refractivity contribution < 1.29 is 0 Å². The maximum atomic E-state index is 6.49. The summed E-state index contributed by atoms with van der Waals surface area (Å²) < 4.78 is 0. The molecule has 0 amide bonds. The highest BCUT2D eigenvalue weighted by Crippen LogP contribution is 2.34. The van der Waals surface area contributed by atoms with Crippen molar-refractivity contribution in [2.45, 2.75) is 33.6 Å². The molecule has 3 rings (SSSR count). The predicted octanol–water partition coefficient (Wildman–Crippen LogP) is 3.76. The van der Waals surface area contributed by atoms with E-state index in [4.69, 9.17) is 5.73 Å². The van der Waals surface area contributed by atoms with Gasteiger partial charge in [0.05, 0.1) is 0 Å². The Morgan fingerprint density at radius 3 is 2.67 bits per heavy atom. The molecule has 2 aromatic rings. The van der Waals surface area contributed by atoms with Crippen molar-refractivity contribution in [3.8, 4) is 0 Å². The Hall–Kier alpha value is -2.30. The van der Waals surface area contributed by atoms with E-state index in [0.717, 1.165) is 42.9 Å². The van der Waals surface area contributed by atoms with E-state index in [0.29, 0.717) is 5.69 Å². The van der Waals surface area contributed by atoms with Crippen LogP contribution in [0.15, 0.2) is 30.6 Å². The summed E-state index contributed by atoms with van der Waals surface area (Å²) in [5, 5.41) is 0. The van der Waals surface area contributed by atoms with Gasteiger partial charge in [-0.15, -0.1) is 0 Å². The zero-order valence-electron chi connectivity index (χ0n) is 14.9. The van der Waals surface area contributed by atoms with Crippen LogP contribution in [0.3, 0.4) is 0 Å². The molecule has 0 bridgehead atoms. The normalized spacial score (nSPS) is 15.5. The van der Waals surface area contributed by atoms with Crippen molar-refractivity contribution in [3.63, 3.8) is 0 Å². The van der Waals surface area contributed by atoms with E-state index in [-0.39, 0.29) is 0 Å². The molecule has 2 heterocycles. The number of aryl methyl sites for hydroxylation is 1. The summed E-state index contributed by atoms with van der Waals surface area (Å²) in [6, 6.07) is 8.42. The van der Waals surface area contributed by atoms with Crippen LogP contribution in [0, 0.1) is 12.8 Å². The second-order valence-electron chi connectivity index (χ2n) is 6.69. The van der Waals surface area contributed by atoms with Gasteiger partial charge in [-0.25, -0.2) is 9.97 Å². The number of nitrogen functional groups attached to an aromatic ring is 1.